The van der Waals surface area contributed by atoms with Crippen LogP contribution >= 0.6 is 11.6 Å². The molecule has 2 N–H and O–H groups in total. The first-order valence-corrected chi connectivity index (χ1v) is 15.6. The van der Waals surface area contributed by atoms with Crippen LogP contribution in [0.3, 0.4) is 0 Å². The molecule has 3 aromatic carbocycles. The summed E-state index contributed by atoms with van der Waals surface area (Å²) in [5.41, 5.74) is -1.66. The van der Waals surface area contributed by atoms with E-state index in [-0.39, 0.29) is 33.0 Å². The van der Waals surface area contributed by atoms with Crippen molar-refractivity contribution in [3.05, 3.63) is 88.2 Å². The SMILES string of the molecule is CC(C)(F)C[C@H](N[C@@H](c1ccc(-c2ccc(S(C)(=O)=O)cc2Cl)cc1)C(F)(F)F)C(=O)NC(C#N)Cc1ccc(C#N)cc1F. The third-order valence-corrected chi connectivity index (χ3v) is 8.13. The molecule has 0 aromatic heterocycles. The number of alkyl halides is 4. The highest BCUT2D eigenvalue weighted by Gasteiger charge is 2.44. The summed E-state index contributed by atoms with van der Waals surface area (Å²) in [6.07, 6.45) is -5.00. The number of nitriles is 2. The summed E-state index contributed by atoms with van der Waals surface area (Å²) in [7, 11) is -3.54. The lowest BCUT2D eigenvalue weighted by atomic mass is 9.96. The van der Waals surface area contributed by atoms with Crippen LogP contribution in [0, 0.1) is 28.5 Å². The van der Waals surface area contributed by atoms with Gasteiger partial charge in [0.2, 0.25) is 5.91 Å². The molecule has 0 saturated heterocycles. The van der Waals surface area contributed by atoms with Crippen molar-refractivity contribution in [1.29, 1.82) is 10.5 Å². The van der Waals surface area contributed by atoms with Gasteiger partial charge < -0.3 is 5.32 Å². The molecule has 3 atom stereocenters. The lowest BCUT2D eigenvalue weighted by molar-refractivity contribution is -0.161. The first kappa shape index (κ1) is 35.4. The fourth-order valence-electron chi connectivity index (χ4n) is 4.51. The van der Waals surface area contributed by atoms with Crippen molar-refractivity contribution in [2.24, 2.45) is 0 Å². The summed E-state index contributed by atoms with van der Waals surface area (Å²) in [5.74, 6) is -1.92. The zero-order chi connectivity index (χ0) is 33.7. The van der Waals surface area contributed by atoms with E-state index >= 15 is 0 Å². The zero-order valence-corrected chi connectivity index (χ0v) is 25.8. The molecule has 3 aromatic rings. The van der Waals surface area contributed by atoms with Crippen LogP contribution in [0.5, 0.6) is 0 Å². The quantitative estimate of drug-likeness (QED) is 0.229. The van der Waals surface area contributed by atoms with E-state index in [1.165, 1.54) is 42.5 Å². The van der Waals surface area contributed by atoms with Gasteiger partial charge in [0.1, 0.15) is 23.6 Å². The Kier molecular flexibility index (Phi) is 11.0. The van der Waals surface area contributed by atoms with Gasteiger partial charge in [-0.2, -0.15) is 23.7 Å². The molecule has 1 amide bonds. The molecular formula is C31H28ClF5N4O3S. The number of carbonyl (C=O) groups is 1. The number of nitrogens with one attached hydrogen (secondary N) is 2. The third-order valence-electron chi connectivity index (χ3n) is 6.70. The van der Waals surface area contributed by atoms with Crippen molar-refractivity contribution < 1.29 is 35.2 Å². The Hall–Kier alpha value is -4.04. The smallest absolute Gasteiger partial charge is 0.339 e. The second-order valence-electron chi connectivity index (χ2n) is 11.0. The van der Waals surface area contributed by atoms with E-state index in [1.54, 1.807) is 12.1 Å². The first-order chi connectivity index (χ1) is 20.8. The fourth-order valence-corrected chi connectivity index (χ4v) is 5.51. The molecular weight excluding hydrogens is 639 g/mol. The van der Waals surface area contributed by atoms with Crippen LogP contribution in [0.25, 0.3) is 11.1 Å². The Morgan fingerprint density at radius 1 is 1.00 bits per heavy atom. The molecule has 0 spiro atoms. The monoisotopic (exact) mass is 666 g/mol. The fraction of sp³-hybridized carbons (Fsp3) is 0.323. The molecule has 0 aliphatic heterocycles. The van der Waals surface area contributed by atoms with Crippen LogP contribution in [-0.2, 0) is 21.1 Å². The number of amides is 1. The van der Waals surface area contributed by atoms with Crippen LogP contribution in [0.1, 0.15) is 43.0 Å². The summed E-state index contributed by atoms with van der Waals surface area (Å²) in [4.78, 5) is 13.1. The first-order valence-electron chi connectivity index (χ1n) is 13.3. The van der Waals surface area contributed by atoms with Gasteiger partial charge in [0.15, 0.2) is 9.84 Å². The minimum Gasteiger partial charge on any atom is -0.339 e. The lowest BCUT2D eigenvalue weighted by Crippen LogP contribution is -2.53. The molecule has 0 saturated carbocycles. The Balaban J connectivity index is 1.88. The molecule has 0 bridgehead atoms. The van der Waals surface area contributed by atoms with Crippen molar-refractivity contribution in [1.82, 2.24) is 10.6 Å². The highest BCUT2D eigenvalue weighted by molar-refractivity contribution is 7.90. The second-order valence-corrected chi connectivity index (χ2v) is 13.4. The summed E-state index contributed by atoms with van der Waals surface area (Å²) in [6, 6.07) is 10.4. The number of nitrogens with zero attached hydrogens (tertiary/aromatic N) is 2. The maximum atomic E-state index is 14.7. The van der Waals surface area contributed by atoms with Gasteiger partial charge in [-0.25, -0.2) is 17.2 Å². The topological polar surface area (TPSA) is 123 Å². The standard InChI is InChI=1S/C31H28ClF5N4O3S/c1-30(2,34)15-27(29(42)40-22(17-39)13-21-5-4-18(16-38)12-26(21)33)41-28(31(35,36)37)20-8-6-19(7-9-20)24-11-10-23(14-25(24)32)45(3,43)44/h4-12,14,22,27-28,41H,13,15H2,1-3H3,(H,40,42)/t22?,27-,28-/m0/s1. The number of halogens is 6. The van der Waals surface area contributed by atoms with E-state index in [1.807, 2.05) is 0 Å². The third kappa shape index (κ3) is 9.72. The molecule has 0 radical (unpaired) electrons. The molecule has 238 valence electrons. The van der Waals surface area contributed by atoms with E-state index < -0.39 is 58.0 Å². The van der Waals surface area contributed by atoms with Crippen LogP contribution in [0.4, 0.5) is 22.0 Å². The largest absolute Gasteiger partial charge is 0.407 e. The molecule has 1 unspecified atom stereocenters. The Labute approximate surface area is 262 Å². The molecule has 0 fully saturated rings. The highest BCUT2D eigenvalue weighted by Crippen LogP contribution is 2.36. The molecule has 0 aliphatic carbocycles. The number of sulfone groups is 1. The van der Waals surface area contributed by atoms with Gasteiger partial charge in [-0.05, 0) is 54.8 Å². The van der Waals surface area contributed by atoms with Crippen molar-refractivity contribution in [2.45, 2.75) is 61.6 Å². The van der Waals surface area contributed by atoms with E-state index in [9.17, 15) is 40.4 Å². The minimum atomic E-state index is -4.95. The summed E-state index contributed by atoms with van der Waals surface area (Å²) in [6.45, 7) is 2.16. The maximum absolute atomic E-state index is 14.7. The Morgan fingerprint density at radius 3 is 2.13 bits per heavy atom. The van der Waals surface area contributed by atoms with Crippen molar-refractivity contribution in [3.8, 4) is 23.3 Å². The molecule has 7 nitrogen and oxygen atoms in total. The van der Waals surface area contributed by atoms with Gasteiger partial charge in [-0.15, -0.1) is 0 Å². The predicted molar refractivity (Wildman–Crippen MR) is 158 cm³/mol. The van der Waals surface area contributed by atoms with Crippen molar-refractivity contribution >= 4 is 27.3 Å². The molecule has 3 rings (SSSR count). The van der Waals surface area contributed by atoms with Gasteiger partial charge in [0, 0.05) is 29.7 Å². The summed E-state index contributed by atoms with van der Waals surface area (Å²) >= 11 is 6.24. The maximum Gasteiger partial charge on any atom is 0.407 e. The zero-order valence-electron chi connectivity index (χ0n) is 24.2. The Morgan fingerprint density at radius 2 is 1.64 bits per heavy atom. The number of hydrogen-bond acceptors (Lipinski definition) is 6. The van der Waals surface area contributed by atoms with Gasteiger partial charge >= 0.3 is 6.18 Å². The molecule has 14 heteroatoms. The number of carbonyl (C=O) groups excluding carboxylic acids is 1. The van der Waals surface area contributed by atoms with Crippen molar-refractivity contribution in [2.75, 3.05) is 6.26 Å². The summed E-state index contributed by atoms with van der Waals surface area (Å²) < 4.78 is 95.7. The molecule has 45 heavy (non-hydrogen) atoms. The average molecular weight is 667 g/mol. The van der Waals surface area contributed by atoms with E-state index in [2.05, 4.69) is 10.6 Å². The normalized spacial score (nSPS) is 14.1. The average Bonchev–Trinajstić information content (AvgIpc) is 2.94. The van der Waals surface area contributed by atoms with E-state index in [4.69, 9.17) is 16.9 Å². The van der Waals surface area contributed by atoms with Crippen LogP contribution in [0.2, 0.25) is 5.02 Å². The van der Waals surface area contributed by atoms with Crippen LogP contribution < -0.4 is 10.6 Å². The van der Waals surface area contributed by atoms with E-state index in [0.29, 0.717) is 11.1 Å². The minimum absolute atomic E-state index is 0.0181. The number of rotatable bonds is 11. The van der Waals surface area contributed by atoms with Crippen LogP contribution in [-0.4, -0.2) is 44.5 Å². The Bertz CT molecular complexity index is 1750. The predicted octanol–water partition coefficient (Wildman–Crippen LogP) is 6.37. The van der Waals surface area contributed by atoms with E-state index in [0.717, 1.165) is 38.3 Å². The summed E-state index contributed by atoms with van der Waals surface area (Å²) in [5, 5.41) is 23.0. The molecule has 0 aliphatic rings. The van der Waals surface area contributed by atoms with Crippen LogP contribution in [0.15, 0.2) is 65.6 Å². The second kappa shape index (κ2) is 13.9. The number of benzene rings is 3. The van der Waals surface area contributed by atoms with Gasteiger partial charge in [0.25, 0.3) is 0 Å². The highest BCUT2D eigenvalue weighted by atomic mass is 35.5. The van der Waals surface area contributed by atoms with Gasteiger partial charge in [0.05, 0.1) is 28.6 Å². The number of hydrogen-bond donors (Lipinski definition) is 2. The molecule has 0 heterocycles. The van der Waals surface area contributed by atoms with Gasteiger partial charge in [-0.3, -0.25) is 10.1 Å². The lowest BCUT2D eigenvalue weighted by Gasteiger charge is -2.30. The van der Waals surface area contributed by atoms with Gasteiger partial charge in [-0.1, -0.05) is 48.0 Å². The van der Waals surface area contributed by atoms with Crippen molar-refractivity contribution in [3.63, 3.8) is 0 Å².